The fourth-order valence-electron chi connectivity index (χ4n) is 2.88. The Morgan fingerprint density at radius 3 is 2.47 bits per heavy atom. The maximum atomic E-state index is 12.1. The smallest absolute Gasteiger partial charge is 0.315 e. The summed E-state index contributed by atoms with van der Waals surface area (Å²) in [7, 11) is 0. The van der Waals surface area contributed by atoms with Crippen LogP contribution in [0.2, 0.25) is 0 Å². The van der Waals surface area contributed by atoms with Crippen molar-refractivity contribution in [2.75, 3.05) is 13.2 Å². The molecule has 19 heavy (non-hydrogen) atoms. The fourth-order valence-corrected chi connectivity index (χ4v) is 2.88. The summed E-state index contributed by atoms with van der Waals surface area (Å²) < 4.78 is 5.23. The van der Waals surface area contributed by atoms with Crippen LogP contribution in [0.5, 0.6) is 0 Å². The first-order valence-electron chi connectivity index (χ1n) is 7.13. The third-order valence-corrected chi connectivity index (χ3v) is 4.09. The monoisotopic (exact) mass is 268 g/mol. The third-order valence-electron chi connectivity index (χ3n) is 4.09. The average molecular weight is 268 g/mol. The Labute approximate surface area is 114 Å². The highest BCUT2D eigenvalue weighted by Crippen LogP contribution is 2.27. The van der Waals surface area contributed by atoms with Crippen LogP contribution in [-0.4, -0.2) is 36.7 Å². The highest BCUT2D eigenvalue weighted by atomic mass is 16.5. The van der Waals surface area contributed by atoms with Crippen LogP contribution < -0.4 is 16.4 Å². The third kappa shape index (κ3) is 3.59. The number of hydrogen-bond donors (Lipinski definition) is 4. The summed E-state index contributed by atoms with van der Waals surface area (Å²) in [5.41, 5.74) is 5.09. The van der Waals surface area contributed by atoms with Crippen LogP contribution in [0.3, 0.4) is 0 Å². The number of amides is 2. The van der Waals surface area contributed by atoms with Crippen LogP contribution in [0, 0.1) is 5.41 Å². The van der Waals surface area contributed by atoms with Gasteiger partial charge in [0.1, 0.15) is 5.84 Å². The molecule has 1 atom stereocenters. The highest BCUT2D eigenvalue weighted by molar-refractivity contribution is 5.91. The van der Waals surface area contributed by atoms with E-state index in [1.54, 1.807) is 0 Å². The minimum absolute atomic E-state index is 0.0761. The van der Waals surface area contributed by atoms with Gasteiger partial charge in [0.15, 0.2) is 0 Å². The number of urea groups is 1. The predicted octanol–water partition coefficient (Wildman–Crippen LogP) is 1.10. The van der Waals surface area contributed by atoms with Gasteiger partial charge < -0.3 is 21.1 Å². The molecule has 0 bridgehead atoms. The molecule has 0 aromatic heterocycles. The van der Waals surface area contributed by atoms with Crippen molar-refractivity contribution in [2.45, 2.75) is 56.5 Å². The van der Waals surface area contributed by atoms with Gasteiger partial charge in [-0.1, -0.05) is 25.7 Å². The quantitative estimate of drug-likeness (QED) is 0.350. The molecule has 1 unspecified atom stereocenters. The van der Waals surface area contributed by atoms with Crippen molar-refractivity contribution in [2.24, 2.45) is 5.73 Å². The van der Waals surface area contributed by atoms with E-state index < -0.39 is 5.54 Å². The first-order chi connectivity index (χ1) is 9.12. The van der Waals surface area contributed by atoms with Crippen molar-refractivity contribution in [3.05, 3.63) is 0 Å². The van der Waals surface area contributed by atoms with Gasteiger partial charge in [0.2, 0.25) is 0 Å². The Balaban J connectivity index is 1.94. The molecule has 1 aliphatic heterocycles. The molecule has 0 radical (unpaired) electrons. The number of ether oxygens (including phenoxy) is 1. The topological polar surface area (TPSA) is 100 Å². The Morgan fingerprint density at radius 1 is 1.26 bits per heavy atom. The number of nitrogens with two attached hydrogens (primary N) is 1. The number of rotatable bonds is 3. The molecule has 1 saturated carbocycles. The van der Waals surface area contributed by atoms with Crippen molar-refractivity contribution in [1.82, 2.24) is 10.6 Å². The van der Waals surface area contributed by atoms with Crippen molar-refractivity contribution >= 4 is 11.9 Å². The first kappa shape index (κ1) is 14.1. The molecule has 1 saturated heterocycles. The number of carbonyl (C=O) groups excluding carboxylic acids is 1. The van der Waals surface area contributed by atoms with Gasteiger partial charge in [0.05, 0.1) is 18.2 Å². The summed E-state index contributed by atoms with van der Waals surface area (Å²) in [6.07, 6.45) is 6.68. The van der Waals surface area contributed by atoms with E-state index in [9.17, 15) is 4.79 Å². The van der Waals surface area contributed by atoms with Crippen LogP contribution in [0.25, 0.3) is 0 Å². The van der Waals surface area contributed by atoms with Crippen molar-refractivity contribution in [1.29, 1.82) is 5.41 Å². The zero-order valence-corrected chi connectivity index (χ0v) is 11.3. The van der Waals surface area contributed by atoms with E-state index in [1.807, 2.05) is 0 Å². The van der Waals surface area contributed by atoms with E-state index in [4.69, 9.17) is 15.9 Å². The molecule has 1 aliphatic carbocycles. The maximum Gasteiger partial charge on any atom is 0.315 e. The van der Waals surface area contributed by atoms with Crippen molar-refractivity contribution < 1.29 is 9.53 Å². The van der Waals surface area contributed by atoms with Crippen molar-refractivity contribution in [3.63, 3.8) is 0 Å². The van der Waals surface area contributed by atoms with E-state index >= 15 is 0 Å². The average Bonchev–Trinajstić information content (AvgIpc) is 2.73. The molecule has 2 aliphatic rings. The number of amidine groups is 1. The molecular formula is C13H24N4O2. The summed E-state index contributed by atoms with van der Waals surface area (Å²) in [6, 6.07) is -0.151. The zero-order chi connectivity index (χ0) is 13.7. The van der Waals surface area contributed by atoms with E-state index in [0.717, 1.165) is 44.9 Å². The minimum atomic E-state index is -0.653. The second-order valence-corrected chi connectivity index (χ2v) is 5.57. The molecule has 5 N–H and O–H groups in total. The van der Waals surface area contributed by atoms with E-state index in [0.29, 0.717) is 13.2 Å². The Kier molecular flexibility index (Phi) is 4.63. The lowest BCUT2D eigenvalue weighted by Crippen LogP contribution is -2.60. The second-order valence-electron chi connectivity index (χ2n) is 5.57. The van der Waals surface area contributed by atoms with Crippen LogP contribution >= 0.6 is 0 Å². The lowest BCUT2D eigenvalue weighted by molar-refractivity contribution is 0.187. The molecule has 0 spiro atoms. The lowest BCUT2D eigenvalue weighted by Gasteiger charge is -2.33. The molecule has 0 aromatic carbocycles. The largest absolute Gasteiger partial charge is 0.386 e. The van der Waals surface area contributed by atoms with Crippen LogP contribution in [0.1, 0.15) is 44.9 Å². The summed E-state index contributed by atoms with van der Waals surface area (Å²) in [5.74, 6) is 0.0761. The molecule has 1 heterocycles. The normalized spacial score (nSPS) is 26.4. The Morgan fingerprint density at radius 2 is 1.95 bits per heavy atom. The number of nitrogens with one attached hydrogen (secondary N) is 3. The maximum absolute atomic E-state index is 12.1. The SMILES string of the molecule is N=C(N)C1(NC(=O)NC2CCOC2)CCCCCC1. The Hall–Kier alpha value is -1.30. The van der Waals surface area contributed by atoms with E-state index in [1.165, 1.54) is 0 Å². The van der Waals surface area contributed by atoms with Gasteiger partial charge in [-0.05, 0) is 19.3 Å². The fraction of sp³-hybridized carbons (Fsp3) is 0.846. The van der Waals surface area contributed by atoms with Crippen LogP contribution in [-0.2, 0) is 4.74 Å². The summed E-state index contributed by atoms with van der Waals surface area (Å²) in [5, 5.41) is 13.7. The zero-order valence-electron chi connectivity index (χ0n) is 11.3. The van der Waals surface area contributed by atoms with Gasteiger partial charge in [0, 0.05) is 6.61 Å². The van der Waals surface area contributed by atoms with Gasteiger partial charge in [-0.2, -0.15) is 0 Å². The molecule has 108 valence electrons. The van der Waals surface area contributed by atoms with Crippen molar-refractivity contribution in [3.8, 4) is 0 Å². The first-order valence-corrected chi connectivity index (χ1v) is 7.13. The highest BCUT2D eigenvalue weighted by Gasteiger charge is 2.36. The molecule has 2 rings (SSSR count). The Bertz CT molecular complexity index is 332. The van der Waals surface area contributed by atoms with Crippen LogP contribution in [0.15, 0.2) is 0 Å². The van der Waals surface area contributed by atoms with Gasteiger partial charge in [-0.15, -0.1) is 0 Å². The second kappa shape index (κ2) is 6.23. The van der Waals surface area contributed by atoms with Gasteiger partial charge in [0.25, 0.3) is 0 Å². The molecule has 2 fully saturated rings. The molecular weight excluding hydrogens is 244 g/mol. The van der Waals surface area contributed by atoms with E-state index in [-0.39, 0.29) is 17.9 Å². The predicted molar refractivity (Wildman–Crippen MR) is 73.2 cm³/mol. The molecule has 0 aromatic rings. The van der Waals surface area contributed by atoms with E-state index in [2.05, 4.69) is 10.6 Å². The number of hydrogen-bond acceptors (Lipinski definition) is 3. The van der Waals surface area contributed by atoms with Gasteiger partial charge in [-0.3, -0.25) is 5.41 Å². The summed E-state index contributed by atoms with van der Waals surface area (Å²) >= 11 is 0. The lowest BCUT2D eigenvalue weighted by atomic mass is 9.89. The van der Waals surface area contributed by atoms with Gasteiger partial charge >= 0.3 is 6.03 Å². The molecule has 2 amide bonds. The number of carbonyl (C=O) groups is 1. The minimum Gasteiger partial charge on any atom is -0.386 e. The van der Waals surface area contributed by atoms with Gasteiger partial charge in [-0.25, -0.2) is 4.79 Å². The van der Waals surface area contributed by atoms with Crippen LogP contribution in [0.4, 0.5) is 4.79 Å². The molecule has 6 heteroatoms. The summed E-state index contributed by atoms with van der Waals surface area (Å²) in [6.45, 7) is 1.27. The molecule has 6 nitrogen and oxygen atoms in total. The summed E-state index contributed by atoms with van der Waals surface area (Å²) in [4.78, 5) is 12.1. The standard InChI is InChI=1S/C13H24N4O2/c14-11(15)13(6-3-1-2-4-7-13)17-12(18)16-10-5-8-19-9-10/h10H,1-9H2,(H3,14,15)(H2,16,17,18).